The number of carbonyl (C=O) groups is 2. The molecule has 4 atom stereocenters. The summed E-state index contributed by atoms with van der Waals surface area (Å²) in [5, 5.41) is 9.36. The molecule has 3 nitrogen and oxygen atoms in total. The lowest BCUT2D eigenvalue weighted by atomic mass is 9.78. The first-order chi connectivity index (χ1) is 9.08. The van der Waals surface area contributed by atoms with E-state index < -0.39 is 17.8 Å². The third-order valence-corrected chi connectivity index (χ3v) is 4.38. The van der Waals surface area contributed by atoms with Gasteiger partial charge in [-0.15, -0.1) is 0 Å². The summed E-state index contributed by atoms with van der Waals surface area (Å²) in [6.45, 7) is 1.97. The van der Waals surface area contributed by atoms with Crippen molar-refractivity contribution in [2.24, 2.45) is 23.7 Å². The first-order valence-electron chi connectivity index (χ1n) is 6.60. The predicted molar refractivity (Wildman–Crippen MR) is 70.9 cm³/mol. The summed E-state index contributed by atoms with van der Waals surface area (Å²) >= 11 is 0. The maximum absolute atomic E-state index is 12.6. The van der Waals surface area contributed by atoms with E-state index in [0.717, 1.165) is 12.0 Å². The molecule has 0 saturated heterocycles. The van der Waals surface area contributed by atoms with Crippen LogP contribution in [0, 0.1) is 30.6 Å². The van der Waals surface area contributed by atoms with Gasteiger partial charge < -0.3 is 5.11 Å². The number of carbonyl (C=O) groups excluding carboxylic acids is 1. The highest BCUT2D eigenvalue weighted by Crippen LogP contribution is 2.49. The number of fused-ring (bicyclic) bond motifs is 2. The number of rotatable bonds is 3. The van der Waals surface area contributed by atoms with E-state index >= 15 is 0 Å². The van der Waals surface area contributed by atoms with E-state index in [4.69, 9.17) is 0 Å². The highest BCUT2D eigenvalue weighted by molar-refractivity contribution is 6.01. The normalized spacial score (nSPS) is 31.6. The van der Waals surface area contributed by atoms with Gasteiger partial charge in [-0.1, -0.05) is 42.0 Å². The van der Waals surface area contributed by atoms with Crippen LogP contribution in [0.1, 0.15) is 22.3 Å². The molecule has 19 heavy (non-hydrogen) atoms. The van der Waals surface area contributed by atoms with Crippen molar-refractivity contribution in [1.29, 1.82) is 0 Å². The van der Waals surface area contributed by atoms with Crippen LogP contribution >= 0.6 is 0 Å². The third kappa shape index (κ3) is 1.89. The van der Waals surface area contributed by atoms with Gasteiger partial charge in [-0.2, -0.15) is 0 Å². The molecule has 98 valence electrons. The van der Waals surface area contributed by atoms with Crippen LogP contribution in [0.5, 0.6) is 0 Å². The summed E-state index contributed by atoms with van der Waals surface area (Å²) in [5.41, 5.74) is 1.72. The number of hydrogen-bond donors (Lipinski definition) is 1. The molecule has 0 amide bonds. The average Bonchev–Trinajstić information content (AvgIpc) is 2.98. The fraction of sp³-hybridized carbons (Fsp3) is 0.375. The molecule has 0 spiro atoms. The fourth-order valence-electron chi connectivity index (χ4n) is 3.43. The molecule has 1 aromatic carbocycles. The van der Waals surface area contributed by atoms with E-state index in [2.05, 4.69) is 0 Å². The van der Waals surface area contributed by atoms with Gasteiger partial charge in [0.05, 0.1) is 5.92 Å². The number of carboxylic acids is 1. The van der Waals surface area contributed by atoms with Gasteiger partial charge in [-0.05, 0) is 25.2 Å². The van der Waals surface area contributed by atoms with Crippen LogP contribution in [0.3, 0.4) is 0 Å². The van der Waals surface area contributed by atoms with Gasteiger partial charge >= 0.3 is 5.97 Å². The molecule has 2 aliphatic carbocycles. The zero-order valence-corrected chi connectivity index (χ0v) is 10.7. The molecule has 0 unspecified atom stereocenters. The Morgan fingerprint density at radius 2 is 1.63 bits per heavy atom. The number of ketones is 1. The van der Waals surface area contributed by atoms with Gasteiger partial charge in [0.15, 0.2) is 5.78 Å². The Kier molecular flexibility index (Phi) is 2.77. The van der Waals surface area contributed by atoms with Crippen molar-refractivity contribution in [3.05, 3.63) is 47.5 Å². The minimum absolute atomic E-state index is 0.0238. The van der Waals surface area contributed by atoms with Gasteiger partial charge in [-0.3, -0.25) is 9.59 Å². The molecule has 3 heteroatoms. The van der Waals surface area contributed by atoms with Gasteiger partial charge in [0, 0.05) is 11.5 Å². The topological polar surface area (TPSA) is 54.4 Å². The van der Waals surface area contributed by atoms with Crippen LogP contribution in [0.15, 0.2) is 36.4 Å². The molecule has 1 saturated carbocycles. The molecule has 0 heterocycles. The van der Waals surface area contributed by atoms with Crippen molar-refractivity contribution < 1.29 is 14.7 Å². The Hall–Kier alpha value is -1.90. The molecule has 2 aliphatic rings. The molecular formula is C16H16O3. The van der Waals surface area contributed by atoms with Crippen LogP contribution in [-0.4, -0.2) is 16.9 Å². The van der Waals surface area contributed by atoms with E-state index in [9.17, 15) is 14.7 Å². The Morgan fingerprint density at radius 3 is 2.21 bits per heavy atom. The molecular weight excluding hydrogens is 240 g/mol. The minimum atomic E-state index is -0.845. The predicted octanol–water partition coefficient (Wildman–Crippen LogP) is 2.70. The summed E-state index contributed by atoms with van der Waals surface area (Å²) in [7, 11) is 0. The summed E-state index contributed by atoms with van der Waals surface area (Å²) in [5.74, 6) is -1.69. The van der Waals surface area contributed by atoms with Crippen LogP contribution in [0.25, 0.3) is 0 Å². The van der Waals surface area contributed by atoms with Gasteiger partial charge in [0.1, 0.15) is 0 Å². The van der Waals surface area contributed by atoms with Crippen LogP contribution in [0.2, 0.25) is 0 Å². The second-order valence-corrected chi connectivity index (χ2v) is 5.57. The number of hydrogen-bond acceptors (Lipinski definition) is 2. The van der Waals surface area contributed by atoms with E-state index in [1.165, 1.54) is 0 Å². The van der Waals surface area contributed by atoms with Gasteiger partial charge in [0.25, 0.3) is 0 Å². The van der Waals surface area contributed by atoms with Gasteiger partial charge in [-0.25, -0.2) is 0 Å². The standard InChI is InChI=1S/C16H16O3/c1-9-2-4-10(5-3-9)15(17)13-11-6-7-12(8-11)14(13)16(18)19/h2-7,11-14H,8H2,1H3,(H,18,19)/t11-,12+,13-,14-/m1/s1. The summed E-state index contributed by atoms with van der Waals surface area (Å²) in [6.07, 6.45) is 4.78. The average molecular weight is 256 g/mol. The molecule has 1 aromatic rings. The largest absolute Gasteiger partial charge is 0.481 e. The van der Waals surface area contributed by atoms with E-state index in [0.29, 0.717) is 5.56 Å². The zero-order chi connectivity index (χ0) is 13.6. The number of benzene rings is 1. The maximum atomic E-state index is 12.6. The van der Waals surface area contributed by atoms with Crippen molar-refractivity contribution in [3.63, 3.8) is 0 Å². The summed E-state index contributed by atoms with van der Waals surface area (Å²) in [6, 6.07) is 7.39. The number of aliphatic carboxylic acids is 1. The zero-order valence-electron chi connectivity index (χ0n) is 10.7. The lowest BCUT2D eigenvalue weighted by Crippen LogP contribution is -2.33. The SMILES string of the molecule is Cc1ccc(C(=O)[C@H]2[C@H](C(=O)O)[C@H]3C=C[C@@H]2C3)cc1. The van der Waals surface area contributed by atoms with E-state index in [-0.39, 0.29) is 17.6 Å². The minimum Gasteiger partial charge on any atom is -0.481 e. The Morgan fingerprint density at radius 1 is 1.05 bits per heavy atom. The number of Topliss-reactive ketones (excluding diaryl/α,β-unsaturated/α-hetero) is 1. The fourth-order valence-corrected chi connectivity index (χ4v) is 3.43. The number of carboxylic acid groups (broad SMARTS) is 1. The monoisotopic (exact) mass is 256 g/mol. The molecule has 3 rings (SSSR count). The lowest BCUT2D eigenvalue weighted by molar-refractivity contribution is -0.143. The molecule has 1 fully saturated rings. The Labute approximate surface area is 111 Å². The van der Waals surface area contributed by atoms with Crippen LogP contribution in [-0.2, 0) is 4.79 Å². The Balaban J connectivity index is 1.92. The molecule has 0 radical (unpaired) electrons. The van der Waals surface area contributed by atoms with Crippen molar-refractivity contribution in [2.45, 2.75) is 13.3 Å². The first kappa shape index (κ1) is 12.2. The van der Waals surface area contributed by atoms with Crippen molar-refractivity contribution >= 4 is 11.8 Å². The van der Waals surface area contributed by atoms with Crippen LogP contribution < -0.4 is 0 Å². The maximum Gasteiger partial charge on any atom is 0.307 e. The number of allylic oxidation sites excluding steroid dienone is 2. The molecule has 1 N–H and O–H groups in total. The smallest absolute Gasteiger partial charge is 0.307 e. The van der Waals surface area contributed by atoms with Crippen molar-refractivity contribution in [1.82, 2.24) is 0 Å². The van der Waals surface area contributed by atoms with E-state index in [1.54, 1.807) is 12.1 Å². The van der Waals surface area contributed by atoms with Crippen molar-refractivity contribution in [2.75, 3.05) is 0 Å². The summed E-state index contributed by atoms with van der Waals surface area (Å²) in [4.78, 5) is 24.0. The molecule has 0 aromatic heterocycles. The number of aryl methyl sites for hydroxylation is 1. The Bertz CT molecular complexity index is 556. The first-order valence-corrected chi connectivity index (χ1v) is 6.60. The van der Waals surface area contributed by atoms with Crippen molar-refractivity contribution in [3.8, 4) is 0 Å². The van der Waals surface area contributed by atoms with E-state index in [1.807, 2.05) is 31.2 Å². The second kappa shape index (κ2) is 4.34. The highest BCUT2D eigenvalue weighted by Gasteiger charge is 2.51. The van der Waals surface area contributed by atoms with Gasteiger partial charge in [0.2, 0.25) is 0 Å². The highest BCUT2D eigenvalue weighted by atomic mass is 16.4. The summed E-state index contributed by atoms with van der Waals surface area (Å²) < 4.78 is 0. The quantitative estimate of drug-likeness (QED) is 0.668. The second-order valence-electron chi connectivity index (χ2n) is 5.57. The molecule has 0 aliphatic heterocycles. The lowest BCUT2D eigenvalue weighted by Gasteiger charge is -2.23. The third-order valence-electron chi connectivity index (χ3n) is 4.38. The molecule has 2 bridgehead atoms. The van der Waals surface area contributed by atoms with Crippen LogP contribution in [0.4, 0.5) is 0 Å².